The average Bonchev–Trinajstić information content (AvgIpc) is 3.05. The normalized spacial score (nSPS) is 15.4. The van der Waals surface area contributed by atoms with E-state index >= 15 is 0 Å². The molecule has 1 aromatic carbocycles. The van der Waals surface area contributed by atoms with E-state index in [0.29, 0.717) is 24.6 Å². The molecule has 3 N–H and O–H groups in total. The standard InChI is InChI=1S/C16H14N6O/c17-13-11(5-3-7-18-13)15(23)21-16-20-12-6-2-1-4-10(12)14-19-8-9-22(14)16/h1-7H,8-9H2,(H2,17,18)(H,20,21,23). The molecule has 0 aliphatic carbocycles. The Hall–Kier alpha value is -3.22. The minimum Gasteiger partial charge on any atom is -0.383 e. The summed E-state index contributed by atoms with van der Waals surface area (Å²) in [7, 11) is 0. The Morgan fingerprint density at radius 2 is 2.09 bits per heavy atom. The van der Waals surface area contributed by atoms with Gasteiger partial charge in [-0.3, -0.25) is 20.0 Å². The first-order chi connectivity index (χ1) is 11.2. The SMILES string of the molecule is Nc1ncccc1C(=O)NC1=Nc2ccccc2C2=NCCN12. The van der Waals surface area contributed by atoms with Gasteiger partial charge in [0.15, 0.2) is 0 Å². The summed E-state index contributed by atoms with van der Waals surface area (Å²) in [5.41, 5.74) is 7.85. The van der Waals surface area contributed by atoms with Gasteiger partial charge in [-0.1, -0.05) is 12.1 Å². The minimum atomic E-state index is -0.333. The second kappa shape index (κ2) is 5.20. The van der Waals surface area contributed by atoms with E-state index in [1.54, 1.807) is 18.3 Å². The second-order valence-corrected chi connectivity index (χ2v) is 5.20. The molecule has 0 saturated carbocycles. The van der Waals surface area contributed by atoms with Crippen LogP contribution in [-0.4, -0.2) is 40.7 Å². The average molecular weight is 306 g/mol. The molecule has 1 aromatic heterocycles. The van der Waals surface area contributed by atoms with Crippen molar-refractivity contribution in [1.82, 2.24) is 15.2 Å². The zero-order valence-corrected chi connectivity index (χ0v) is 12.2. The number of hydrogen-bond donors (Lipinski definition) is 2. The molecule has 0 radical (unpaired) electrons. The number of fused-ring (bicyclic) bond motifs is 3. The largest absolute Gasteiger partial charge is 0.383 e. The van der Waals surface area contributed by atoms with Crippen LogP contribution in [0, 0.1) is 0 Å². The maximum absolute atomic E-state index is 12.5. The van der Waals surface area contributed by atoms with Crippen LogP contribution in [0.3, 0.4) is 0 Å². The number of nitrogens with two attached hydrogens (primary N) is 1. The molecule has 114 valence electrons. The highest BCUT2D eigenvalue weighted by atomic mass is 16.2. The number of hydrogen-bond acceptors (Lipinski definition) is 6. The van der Waals surface area contributed by atoms with Crippen molar-refractivity contribution in [2.45, 2.75) is 0 Å². The van der Waals surface area contributed by atoms with Crippen molar-refractivity contribution in [3.8, 4) is 0 Å². The van der Waals surface area contributed by atoms with Gasteiger partial charge in [-0.05, 0) is 24.3 Å². The van der Waals surface area contributed by atoms with Gasteiger partial charge in [-0.15, -0.1) is 0 Å². The van der Waals surface area contributed by atoms with E-state index in [-0.39, 0.29) is 11.7 Å². The first-order valence-electron chi connectivity index (χ1n) is 7.26. The Morgan fingerprint density at radius 1 is 1.22 bits per heavy atom. The van der Waals surface area contributed by atoms with Gasteiger partial charge >= 0.3 is 0 Å². The molecule has 0 saturated heterocycles. The van der Waals surface area contributed by atoms with Gasteiger partial charge in [0.05, 0.1) is 17.8 Å². The van der Waals surface area contributed by atoms with E-state index in [0.717, 1.165) is 17.1 Å². The van der Waals surface area contributed by atoms with Gasteiger partial charge in [0.1, 0.15) is 11.7 Å². The number of nitrogen functional groups attached to an aromatic ring is 1. The van der Waals surface area contributed by atoms with Crippen LogP contribution in [0.25, 0.3) is 0 Å². The summed E-state index contributed by atoms with van der Waals surface area (Å²) in [5.74, 6) is 1.16. The third-order valence-electron chi connectivity index (χ3n) is 3.78. The number of rotatable bonds is 1. The summed E-state index contributed by atoms with van der Waals surface area (Å²) >= 11 is 0. The van der Waals surface area contributed by atoms with Crippen molar-refractivity contribution in [1.29, 1.82) is 0 Å². The number of benzene rings is 1. The topological polar surface area (TPSA) is 96.0 Å². The molecule has 1 amide bonds. The van der Waals surface area contributed by atoms with Crippen molar-refractivity contribution in [2.75, 3.05) is 18.8 Å². The number of carbonyl (C=O) groups excluding carboxylic acids is 1. The Morgan fingerprint density at radius 3 is 2.96 bits per heavy atom. The molecule has 0 bridgehead atoms. The Kier molecular flexibility index (Phi) is 3.04. The van der Waals surface area contributed by atoms with E-state index < -0.39 is 0 Å². The number of pyridine rings is 1. The van der Waals surface area contributed by atoms with Crippen LogP contribution in [0.4, 0.5) is 11.5 Å². The van der Waals surface area contributed by atoms with Gasteiger partial charge < -0.3 is 5.73 Å². The summed E-state index contributed by atoms with van der Waals surface area (Å²) in [6, 6.07) is 11.0. The fraction of sp³-hybridized carbons (Fsp3) is 0.125. The van der Waals surface area contributed by atoms with Crippen LogP contribution in [0.2, 0.25) is 0 Å². The lowest BCUT2D eigenvalue weighted by Crippen LogP contribution is -2.47. The summed E-state index contributed by atoms with van der Waals surface area (Å²) in [6.07, 6.45) is 1.55. The summed E-state index contributed by atoms with van der Waals surface area (Å²) in [5, 5.41) is 2.82. The summed E-state index contributed by atoms with van der Waals surface area (Å²) < 4.78 is 0. The fourth-order valence-electron chi connectivity index (χ4n) is 2.69. The minimum absolute atomic E-state index is 0.192. The molecule has 2 aliphatic rings. The van der Waals surface area contributed by atoms with E-state index in [1.807, 2.05) is 29.2 Å². The molecule has 0 unspecified atom stereocenters. The maximum atomic E-state index is 12.5. The third kappa shape index (κ3) is 2.22. The number of carbonyl (C=O) groups is 1. The molecular formula is C16H14N6O. The number of amidine groups is 1. The molecule has 0 spiro atoms. The predicted molar refractivity (Wildman–Crippen MR) is 87.8 cm³/mol. The molecule has 4 rings (SSSR count). The van der Waals surface area contributed by atoms with Crippen LogP contribution in [0.5, 0.6) is 0 Å². The highest BCUT2D eigenvalue weighted by molar-refractivity contribution is 6.19. The maximum Gasteiger partial charge on any atom is 0.261 e. The molecule has 7 nitrogen and oxygen atoms in total. The van der Waals surface area contributed by atoms with Gasteiger partial charge in [0, 0.05) is 18.3 Å². The lowest BCUT2D eigenvalue weighted by atomic mass is 10.1. The van der Waals surface area contributed by atoms with E-state index in [4.69, 9.17) is 5.73 Å². The molecule has 3 heterocycles. The lowest BCUT2D eigenvalue weighted by Gasteiger charge is -2.27. The number of guanidine groups is 1. The highest BCUT2D eigenvalue weighted by Crippen LogP contribution is 2.27. The van der Waals surface area contributed by atoms with Crippen molar-refractivity contribution < 1.29 is 4.79 Å². The van der Waals surface area contributed by atoms with Crippen LogP contribution >= 0.6 is 0 Å². The first-order valence-corrected chi connectivity index (χ1v) is 7.26. The molecule has 0 fully saturated rings. The zero-order valence-electron chi connectivity index (χ0n) is 12.2. The van der Waals surface area contributed by atoms with Crippen LogP contribution in [0.15, 0.2) is 52.6 Å². The number of nitrogens with zero attached hydrogens (tertiary/aromatic N) is 4. The van der Waals surface area contributed by atoms with E-state index in [1.165, 1.54) is 0 Å². The second-order valence-electron chi connectivity index (χ2n) is 5.20. The predicted octanol–water partition coefficient (Wildman–Crippen LogP) is 1.16. The van der Waals surface area contributed by atoms with E-state index in [9.17, 15) is 4.79 Å². The zero-order chi connectivity index (χ0) is 15.8. The quantitative estimate of drug-likeness (QED) is 0.826. The number of anilines is 1. The fourth-order valence-corrected chi connectivity index (χ4v) is 2.69. The van der Waals surface area contributed by atoms with Crippen molar-refractivity contribution in [2.24, 2.45) is 9.98 Å². The smallest absolute Gasteiger partial charge is 0.261 e. The van der Waals surface area contributed by atoms with Crippen LogP contribution < -0.4 is 11.1 Å². The van der Waals surface area contributed by atoms with E-state index in [2.05, 4.69) is 20.3 Å². The molecule has 7 heteroatoms. The Labute approximate surface area is 132 Å². The number of aromatic nitrogens is 1. The van der Waals surface area contributed by atoms with Crippen LogP contribution in [0.1, 0.15) is 15.9 Å². The number of aliphatic imine (C=N–C) groups is 2. The third-order valence-corrected chi connectivity index (χ3v) is 3.78. The summed E-state index contributed by atoms with van der Waals surface area (Å²) in [4.78, 5) is 27.4. The molecule has 0 atom stereocenters. The van der Waals surface area contributed by atoms with Gasteiger partial charge in [0.25, 0.3) is 5.91 Å². The monoisotopic (exact) mass is 306 g/mol. The first kappa shape index (κ1) is 13.4. The lowest BCUT2D eigenvalue weighted by molar-refractivity contribution is 0.0974. The van der Waals surface area contributed by atoms with Crippen molar-refractivity contribution in [3.05, 3.63) is 53.7 Å². The number of para-hydroxylation sites is 1. The van der Waals surface area contributed by atoms with Gasteiger partial charge in [-0.25, -0.2) is 9.98 Å². The van der Waals surface area contributed by atoms with Crippen molar-refractivity contribution in [3.63, 3.8) is 0 Å². The molecule has 2 aromatic rings. The Bertz CT molecular complexity index is 857. The molecule has 23 heavy (non-hydrogen) atoms. The molecular weight excluding hydrogens is 292 g/mol. The number of nitrogens with one attached hydrogen (secondary N) is 1. The summed E-state index contributed by atoms with van der Waals surface area (Å²) in [6.45, 7) is 1.36. The highest BCUT2D eigenvalue weighted by Gasteiger charge is 2.30. The van der Waals surface area contributed by atoms with Crippen molar-refractivity contribution >= 4 is 29.2 Å². The van der Waals surface area contributed by atoms with Crippen LogP contribution in [-0.2, 0) is 0 Å². The Balaban J connectivity index is 1.70. The number of amides is 1. The van der Waals surface area contributed by atoms with Gasteiger partial charge in [-0.2, -0.15) is 0 Å². The van der Waals surface area contributed by atoms with Gasteiger partial charge in [0.2, 0.25) is 5.96 Å². The molecule has 2 aliphatic heterocycles.